The zero-order chi connectivity index (χ0) is 18.4. The second-order valence-corrected chi connectivity index (χ2v) is 4.41. The summed E-state index contributed by atoms with van der Waals surface area (Å²) in [5.74, 6) is -1.57. The van der Waals surface area contributed by atoms with Crippen LogP contribution in [0.4, 0.5) is 49.6 Å². The predicted molar refractivity (Wildman–Crippen MR) is 57.2 cm³/mol. The maximum Gasteiger partial charge on any atom is 0.573 e. The molecule has 1 rings (SSSR count). The second kappa shape index (κ2) is 5.34. The minimum Gasteiger partial charge on any atom is -0.404 e. The lowest BCUT2D eigenvalue weighted by molar-refractivity contribution is -0.348. The van der Waals surface area contributed by atoms with Gasteiger partial charge in [-0.1, -0.05) is 0 Å². The molecule has 1 aromatic rings. The van der Waals surface area contributed by atoms with Crippen LogP contribution in [0.5, 0.6) is 5.75 Å². The Balaban J connectivity index is 3.64. The van der Waals surface area contributed by atoms with Gasteiger partial charge in [-0.2, -0.15) is 26.3 Å². The molecular weight excluding hydrogens is 352 g/mol. The molecule has 0 bridgehead atoms. The highest BCUT2D eigenvalue weighted by Crippen LogP contribution is 2.54. The zero-order valence-corrected chi connectivity index (χ0v) is 10.9. The van der Waals surface area contributed by atoms with E-state index in [0.717, 1.165) is 6.92 Å². The van der Waals surface area contributed by atoms with Gasteiger partial charge in [0.25, 0.3) is 0 Å². The number of anilines is 1. The number of rotatable bonds is 2. The van der Waals surface area contributed by atoms with Gasteiger partial charge < -0.3 is 10.5 Å². The van der Waals surface area contributed by atoms with Gasteiger partial charge in [-0.15, -0.1) is 13.2 Å². The van der Waals surface area contributed by atoms with Crippen LogP contribution >= 0.6 is 0 Å². The number of nitrogens with two attached hydrogens (primary N) is 1. The highest BCUT2D eigenvalue weighted by molar-refractivity contribution is 5.60. The Kier molecular flexibility index (Phi) is 4.45. The van der Waals surface area contributed by atoms with E-state index in [4.69, 9.17) is 5.73 Å². The molecule has 132 valence electrons. The van der Waals surface area contributed by atoms with Crippen molar-refractivity contribution in [1.29, 1.82) is 0 Å². The van der Waals surface area contributed by atoms with E-state index in [0.29, 0.717) is 0 Å². The summed E-state index contributed by atoms with van der Waals surface area (Å²) >= 11 is 0. The van der Waals surface area contributed by atoms with E-state index in [1.165, 1.54) is 0 Å². The Morgan fingerprint density at radius 2 is 1.26 bits per heavy atom. The van der Waals surface area contributed by atoms with Gasteiger partial charge in [-0.25, -0.2) is 4.39 Å². The quantitative estimate of drug-likeness (QED) is 0.610. The van der Waals surface area contributed by atoms with Crippen LogP contribution in [0, 0.1) is 6.92 Å². The Labute approximate surface area is 121 Å². The van der Waals surface area contributed by atoms with Crippen molar-refractivity contribution in [3.05, 3.63) is 23.3 Å². The fourth-order valence-corrected chi connectivity index (χ4v) is 1.66. The number of halogens is 10. The van der Waals surface area contributed by atoms with Gasteiger partial charge in [-0.3, -0.25) is 0 Å². The summed E-state index contributed by atoms with van der Waals surface area (Å²) in [5.41, 5.74) is -4.43. The molecule has 0 aliphatic rings. The normalized spacial score (nSPS) is 14.0. The molecule has 0 unspecified atom stereocenters. The van der Waals surface area contributed by atoms with Crippen molar-refractivity contribution >= 4 is 5.69 Å². The lowest BCUT2D eigenvalue weighted by atomic mass is 9.92. The second-order valence-electron chi connectivity index (χ2n) is 4.41. The number of aryl methyl sites for hydroxylation is 1. The SMILES string of the molecule is Cc1cc(C(F)(C(F)(F)F)C(F)(F)F)cc(OC(F)(F)F)c1N. The van der Waals surface area contributed by atoms with Crippen LogP contribution in [0.2, 0.25) is 0 Å². The Morgan fingerprint density at radius 1 is 0.826 bits per heavy atom. The minimum absolute atomic E-state index is 0.0551. The average Bonchev–Trinajstić information content (AvgIpc) is 2.29. The minimum atomic E-state index is -6.47. The molecule has 12 heteroatoms. The van der Waals surface area contributed by atoms with Gasteiger partial charge in [0, 0.05) is 5.56 Å². The number of ether oxygens (including phenoxy) is 1. The monoisotopic (exact) mass is 359 g/mol. The average molecular weight is 359 g/mol. The van der Waals surface area contributed by atoms with Crippen LogP contribution in [0.1, 0.15) is 11.1 Å². The third-order valence-corrected chi connectivity index (χ3v) is 2.75. The molecule has 0 heterocycles. The molecule has 1 aromatic carbocycles. The van der Waals surface area contributed by atoms with Gasteiger partial charge in [0.2, 0.25) is 0 Å². The van der Waals surface area contributed by atoms with Crippen LogP contribution in [0.25, 0.3) is 0 Å². The van der Waals surface area contributed by atoms with Gasteiger partial charge in [0.05, 0.1) is 5.69 Å². The molecule has 0 spiro atoms. The summed E-state index contributed by atoms with van der Waals surface area (Å²) in [6.07, 6.45) is -18.4. The maximum atomic E-state index is 13.8. The molecule has 0 aromatic heterocycles. The lowest BCUT2D eigenvalue weighted by Gasteiger charge is -2.31. The summed E-state index contributed by atoms with van der Waals surface area (Å²) in [7, 11) is 0. The van der Waals surface area contributed by atoms with Crippen LogP contribution in [0.3, 0.4) is 0 Å². The highest BCUT2D eigenvalue weighted by Gasteiger charge is 2.73. The first-order chi connectivity index (χ1) is 10.0. The van der Waals surface area contributed by atoms with Gasteiger partial charge in [0.1, 0.15) is 0 Å². The summed E-state index contributed by atoms with van der Waals surface area (Å²) in [6, 6.07) is -0.323. The molecule has 2 nitrogen and oxygen atoms in total. The largest absolute Gasteiger partial charge is 0.573 e. The smallest absolute Gasteiger partial charge is 0.404 e. The first-order valence-corrected chi connectivity index (χ1v) is 5.49. The molecule has 23 heavy (non-hydrogen) atoms. The number of hydrogen-bond acceptors (Lipinski definition) is 2. The van der Waals surface area contributed by atoms with E-state index < -0.39 is 46.9 Å². The first-order valence-electron chi connectivity index (χ1n) is 5.49. The topological polar surface area (TPSA) is 35.2 Å². The van der Waals surface area contributed by atoms with Crippen LogP contribution < -0.4 is 10.5 Å². The standard InChI is InChI=1S/C11H7F10NO/c1-4-2-5(3-6(7(4)22)23-11(19,20)21)8(12,9(13,14)15)10(16,17)18/h2-3H,22H2,1H3. The van der Waals surface area contributed by atoms with E-state index in [9.17, 15) is 43.9 Å². The van der Waals surface area contributed by atoms with E-state index in [1.54, 1.807) is 0 Å². The molecular formula is C11H7F10NO. The molecule has 0 saturated carbocycles. The Hall–Kier alpha value is -1.88. The van der Waals surface area contributed by atoms with Crippen molar-refractivity contribution in [2.45, 2.75) is 31.3 Å². The van der Waals surface area contributed by atoms with Gasteiger partial charge in [-0.05, 0) is 24.6 Å². The van der Waals surface area contributed by atoms with E-state index in [1.807, 2.05) is 0 Å². The van der Waals surface area contributed by atoms with Gasteiger partial charge >= 0.3 is 24.4 Å². The highest BCUT2D eigenvalue weighted by atomic mass is 19.4. The van der Waals surface area contributed by atoms with Crippen LogP contribution in [-0.2, 0) is 5.67 Å². The van der Waals surface area contributed by atoms with E-state index in [-0.39, 0.29) is 12.1 Å². The van der Waals surface area contributed by atoms with Crippen LogP contribution in [-0.4, -0.2) is 18.7 Å². The summed E-state index contributed by atoms with van der Waals surface area (Å²) in [5, 5.41) is 0. The molecule has 0 aliphatic heterocycles. The molecule has 2 N–H and O–H groups in total. The molecule has 0 aliphatic carbocycles. The summed E-state index contributed by atoms with van der Waals surface area (Å²) < 4.78 is 129. The fraction of sp³-hybridized carbons (Fsp3) is 0.455. The molecule has 0 saturated heterocycles. The number of alkyl halides is 10. The van der Waals surface area contributed by atoms with E-state index in [2.05, 4.69) is 4.74 Å². The maximum absolute atomic E-state index is 13.8. The summed E-state index contributed by atoms with van der Waals surface area (Å²) in [4.78, 5) is 0. The Morgan fingerprint density at radius 3 is 1.61 bits per heavy atom. The molecule has 0 amide bonds. The van der Waals surface area contributed by atoms with E-state index >= 15 is 0 Å². The molecule has 0 atom stereocenters. The lowest BCUT2D eigenvalue weighted by Crippen LogP contribution is -2.50. The summed E-state index contributed by atoms with van der Waals surface area (Å²) in [6.45, 7) is 0.801. The van der Waals surface area contributed by atoms with Crippen molar-refractivity contribution in [2.75, 3.05) is 5.73 Å². The third kappa shape index (κ3) is 3.55. The number of hydrogen-bond donors (Lipinski definition) is 1. The first kappa shape index (κ1) is 19.2. The fourth-order valence-electron chi connectivity index (χ4n) is 1.66. The van der Waals surface area contributed by atoms with Crippen LogP contribution in [0.15, 0.2) is 12.1 Å². The van der Waals surface area contributed by atoms with Crippen molar-refractivity contribution in [3.63, 3.8) is 0 Å². The van der Waals surface area contributed by atoms with Crippen molar-refractivity contribution in [2.24, 2.45) is 0 Å². The zero-order valence-electron chi connectivity index (χ0n) is 10.9. The number of nitrogen functional groups attached to an aromatic ring is 1. The Bertz CT molecular complexity index is 572. The molecule has 0 radical (unpaired) electrons. The number of benzene rings is 1. The van der Waals surface area contributed by atoms with Crippen molar-refractivity contribution in [3.8, 4) is 5.75 Å². The molecule has 0 fully saturated rings. The third-order valence-electron chi connectivity index (χ3n) is 2.75. The van der Waals surface area contributed by atoms with Crippen molar-refractivity contribution < 1.29 is 48.6 Å². The predicted octanol–water partition coefficient (Wildman–Crippen LogP) is 4.77. The van der Waals surface area contributed by atoms with Crippen molar-refractivity contribution in [1.82, 2.24) is 0 Å². The van der Waals surface area contributed by atoms with Gasteiger partial charge in [0.15, 0.2) is 5.75 Å².